The van der Waals surface area contributed by atoms with Gasteiger partial charge in [0.1, 0.15) is 0 Å². The van der Waals surface area contributed by atoms with Gasteiger partial charge in [0, 0.05) is 42.1 Å². The van der Waals surface area contributed by atoms with E-state index in [0.29, 0.717) is 36.9 Å². The molecule has 178 valence electrons. The van der Waals surface area contributed by atoms with Gasteiger partial charge < -0.3 is 14.6 Å². The molecule has 4 rings (SSSR count). The highest BCUT2D eigenvalue weighted by Gasteiger charge is 2.55. The maximum atomic E-state index is 13.1. The van der Waals surface area contributed by atoms with Crippen LogP contribution in [0.25, 0.3) is 0 Å². The standard InChI is InChI=1S/C25H37ClN2O3S/c1-32-21-16-28(23(30)15-20(21)26)18-25(31)13-14-27(17-24(25)11-5-6-12-24)22(29)10-9-19-7-3-2-4-8-19/h15-16,19,31H,2-14,17-18H2,1H3. The highest BCUT2D eigenvalue weighted by atomic mass is 35.5. The molecule has 1 N–H and O–H groups in total. The molecule has 1 aromatic rings. The summed E-state index contributed by atoms with van der Waals surface area (Å²) in [6.45, 7) is 1.45. The van der Waals surface area contributed by atoms with Crippen molar-refractivity contribution < 1.29 is 9.90 Å². The van der Waals surface area contributed by atoms with Crippen LogP contribution in [0.15, 0.2) is 22.0 Å². The van der Waals surface area contributed by atoms with Crippen molar-refractivity contribution in [1.29, 1.82) is 0 Å². The minimum Gasteiger partial charge on any atom is -0.387 e. The fourth-order valence-electron chi connectivity index (χ4n) is 6.36. The largest absolute Gasteiger partial charge is 0.387 e. The Kier molecular flexibility index (Phi) is 7.63. The molecule has 1 atom stereocenters. The van der Waals surface area contributed by atoms with E-state index >= 15 is 0 Å². The van der Waals surface area contributed by atoms with Crippen LogP contribution in [0.5, 0.6) is 0 Å². The molecule has 2 aliphatic carbocycles. The quantitative estimate of drug-likeness (QED) is 0.575. The van der Waals surface area contributed by atoms with Gasteiger partial charge in [0.25, 0.3) is 5.56 Å². The summed E-state index contributed by atoms with van der Waals surface area (Å²) in [4.78, 5) is 28.6. The molecule has 2 saturated carbocycles. The predicted molar refractivity (Wildman–Crippen MR) is 130 cm³/mol. The minimum atomic E-state index is -0.989. The Morgan fingerprint density at radius 3 is 2.59 bits per heavy atom. The Balaban J connectivity index is 1.48. The zero-order chi connectivity index (χ0) is 22.8. The van der Waals surface area contributed by atoms with Crippen molar-refractivity contribution in [2.75, 3.05) is 19.3 Å². The van der Waals surface area contributed by atoms with Crippen molar-refractivity contribution in [2.24, 2.45) is 11.3 Å². The first-order valence-corrected chi connectivity index (χ1v) is 13.9. The second kappa shape index (κ2) is 10.1. The van der Waals surface area contributed by atoms with Gasteiger partial charge in [0.15, 0.2) is 0 Å². The van der Waals surface area contributed by atoms with E-state index in [2.05, 4.69) is 0 Å². The number of amides is 1. The van der Waals surface area contributed by atoms with Gasteiger partial charge in [0.05, 0.1) is 17.2 Å². The second-order valence-corrected chi connectivity index (χ2v) is 11.5. The average Bonchev–Trinajstić information content (AvgIpc) is 3.27. The van der Waals surface area contributed by atoms with Crippen LogP contribution >= 0.6 is 23.4 Å². The van der Waals surface area contributed by atoms with Gasteiger partial charge in [-0.15, -0.1) is 11.8 Å². The van der Waals surface area contributed by atoms with Crippen LogP contribution in [0, 0.1) is 11.3 Å². The van der Waals surface area contributed by atoms with Crippen molar-refractivity contribution >= 4 is 29.3 Å². The molecule has 7 heteroatoms. The van der Waals surface area contributed by atoms with Crippen molar-refractivity contribution in [3.05, 3.63) is 27.6 Å². The summed E-state index contributed by atoms with van der Waals surface area (Å²) in [5.41, 5.74) is -1.50. The maximum absolute atomic E-state index is 13.1. The molecule has 0 aromatic carbocycles. The number of carbonyl (C=O) groups is 1. The van der Waals surface area contributed by atoms with Gasteiger partial charge in [-0.1, -0.05) is 56.5 Å². The third-order valence-electron chi connectivity index (χ3n) is 8.37. The summed E-state index contributed by atoms with van der Waals surface area (Å²) in [5, 5.41) is 12.4. The van der Waals surface area contributed by atoms with Gasteiger partial charge in [-0.25, -0.2) is 0 Å². The van der Waals surface area contributed by atoms with E-state index in [0.717, 1.165) is 37.0 Å². The van der Waals surface area contributed by atoms with E-state index in [1.807, 2.05) is 11.2 Å². The topological polar surface area (TPSA) is 62.5 Å². The molecule has 5 nitrogen and oxygen atoms in total. The normalized spacial score (nSPS) is 26.0. The molecule has 0 radical (unpaired) electrons. The van der Waals surface area contributed by atoms with E-state index in [-0.39, 0.29) is 23.4 Å². The number of hydrogen-bond acceptors (Lipinski definition) is 4. The zero-order valence-corrected chi connectivity index (χ0v) is 20.9. The first-order chi connectivity index (χ1) is 15.4. The number of pyridine rings is 1. The Bertz CT molecular complexity index is 876. The van der Waals surface area contributed by atoms with E-state index in [9.17, 15) is 14.7 Å². The number of piperidine rings is 1. The van der Waals surface area contributed by atoms with Crippen molar-refractivity contribution in [1.82, 2.24) is 9.47 Å². The lowest BCUT2D eigenvalue weighted by atomic mass is 9.65. The molecule has 0 bridgehead atoms. The summed E-state index contributed by atoms with van der Waals surface area (Å²) in [5.74, 6) is 0.953. The SMILES string of the molecule is CSc1cn(CC2(O)CCN(C(=O)CCC3CCCCC3)CC23CCCC3)c(=O)cc1Cl. The van der Waals surface area contributed by atoms with Crippen LogP contribution in [-0.4, -0.2) is 45.4 Å². The minimum absolute atomic E-state index is 0.180. The molecule has 1 unspecified atom stereocenters. The van der Waals surface area contributed by atoms with E-state index < -0.39 is 5.60 Å². The van der Waals surface area contributed by atoms with Crippen molar-refractivity contribution in [3.63, 3.8) is 0 Å². The van der Waals surface area contributed by atoms with Gasteiger partial charge in [-0.05, 0) is 37.9 Å². The molecule has 1 saturated heterocycles. The number of halogens is 1. The lowest BCUT2D eigenvalue weighted by molar-refractivity contribution is -0.160. The number of thioether (sulfide) groups is 1. The van der Waals surface area contributed by atoms with Gasteiger partial charge >= 0.3 is 0 Å². The van der Waals surface area contributed by atoms with Gasteiger partial charge in [0.2, 0.25) is 5.91 Å². The Labute approximate surface area is 200 Å². The summed E-state index contributed by atoms with van der Waals surface area (Å²) < 4.78 is 1.62. The van der Waals surface area contributed by atoms with Crippen LogP contribution in [0.3, 0.4) is 0 Å². The van der Waals surface area contributed by atoms with Crippen LogP contribution in [-0.2, 0) is 11.3 Å². The third-order valence-corrected chi connectivity index (χ3v) is 9.56. The first-order valence-electron chi connectivity index (χ1n) is 12.3. The molecule has 1 spiro atoms. The molecule has 3 fully saturated rings. The fourth-order valence-corrected chi connectivity index (χ4v) is 7.22. The predicted octanol–water partition coefficient (Wildman–Crippen LogP) is 5.11. The number of rotatable bonds is 6. The maximum Gasteiger partial charge on any atom is 0.252 e. The van der Waals surface area contributed by atoms with E-state index in [1.165, 1.54) is 49.9 Å². The number of aliphatic hydroxyl groups is 1. The Morgan fingerprint density at radius 2 is 1.91 bits per heavy atom. The van der Waals surface area contributed by atoms with Crippen LogP contribution in [0.4, 0.5) is 0 Å². The molecule has 3 aliphatic rings. The lowest BCUT2D eigenvalue weighted by Crippen LogP contribution is -2.62. The highest BCUT2D eigenvalue weighted by molar-refractivity contribution is 7.98. The summed E-state index contributed by atoms with van der Waals surface area (Å²) in [6, 6.07) is 1.45. The third kappa shape index (κ3) is 4.92. The van der Waals surface area contributed by atoms with Gasteiger partial charge in [-0.2, -0.15) is 0 Å². The number of carbonyl (C=O) groups excluding carboxylic acids is 1. The Hall–Kier alpha value is -0.980. The van der Waals surface area contributed by atoms with Gasteiger partial charge in [-0.3, -0.25) is 9.59 Å². The summed E-state index contributed by atoms with van der Waals surface area (Å²) in [7, 11) is 0. The van der Waals surface area contributed by atoms with Crippen LogP contribution in [0.2, 0.25) is 5.02 Å². The number of aromatic nitrogens is 1. The monoisotopic (exact) mass is 480 g/mol. The average molecular weight is 481 g/mol. The van der Waals surface area contributed by atoms with Crippen LogP contribution < -0.4 is 5.56 Å². The first kappa shape index (κ1) is 24.2. The molecule has 1 amide bonds. The molecule has 2 heterocycles. The second-order valence-electron chi connectivity index (χ2n) is 10.3. The van der Waals surface area contributed by atoms with Crippen LogP contribution in [0.1, 0.15) is 77.0 Å². The fraction of sp³-hybridized carbons (Fsp3) is 0.760. The molecular formula is C25H37ClN2O3S. The highest BCUT2D eigenvalue weighted by Crippen LogP contribution is 2.51. The summed E-state index contributed by atoms with van der Waals surface area (Å²) >= 11 is 7.70. The number of nitrogens with zero attached hydrogens (tertiary/aromatic N) is 2. The van der Waals surface area contributed by atoms with Crippen molar-refractivity contribution in [3.8, 4) is 0 Å². The molecule has 32 heavy (non-hydrogen) atoms. The lowest BCUT2D eigenvalue weighted by Gasteiger charge is -2.52. The summed E-state index contributed by atoms with van der Waals surface area (Å²) in [6.07, 6.45) is 16.3. The molecule has 1 aromatic heterocycles. The Morgan fingerprint density at radius 1 is 1.19 bits per heavy atom. The van der Waals surface area contributed by atoms with Crippen molar-refractivity contribution in [2.45, 2.75) is 94.1 Å². The molecular weight excluding hydrogens is 444 g/mol. The zero-order valence-electron chi connectivity index (χ0n) is 19.3. The smallest absolute Gasteiger partial charge is 0.252 e. The number of likely N-dealkylation sites (tertiary alicyclic amines) is 1. The molecule has 1 aliphatic heterocycles. The van der Waals surface area contributed by atoms with E-state index in [4.69, 9.17) is 11.6 Å². The number of hydrogen-bond donors (Lipinski definition) is 1. The van der Waals surface area contributed by atoms with E-state index in [1.54, 1.807) is 10.8 Å².